The molecule has 1 aromatic heterocycles. The molecular formula is C19H17NO3S. The minimum Gasteiger partial charge on any atom is -0.487 e. The van der Waals surface area contributed by atoms with Gasteiger partial charge in [-0.2, -0.15) is 0 Å². The predicted octanol–water partition coefficient (Wildman–Crippen LogP) is 4.56. The first-order valence-corrected chi connectivity index (χ1v) is 8.45. The van der Waals surface area contributed by atoms with E-state index in [-0.39, 0.29) is 0 Å². The average molecular weight is 339 g/mol. The molecule has 0 N–H and O–H groups in total. The van der Waals surface area contributed by atoms with Gasteiger partial charge in [0.2, 0.25) is 0 Å². The Balaban J connectivity index is 1.69. The number of thiazole rings is 1. The molecule has 4 nitrogen and oxygen atoms in total. The van der Waals surface area contributed by atoms with Crippen molar-refractivity contribution >= 4 is 17.3 Å². The predicted molar refractivity (Wildman–Crippen MR) is 93.8 cm³/mol. The van der Waals surface area contributed by atoms with E-state index in [0.717, 1.165) is 16.8 Å². The van der Waals surface area contributed by atoms with Crippen LogP contribution in [0.4, 0.5) is 0 Å². The van der Waals surface area contributed by atoms with Crippen LogP contribution in [0.5, 0.6) is 11.5 Å². The molecule has 0 saturated heterocycles. The summed E-state index contributed by atoms with van der Waals surface area (Å²) in [6, 6.07) is 12.7. The summed E-state index contributed by atoms with van der Waals surface area (Å²) < 4.78 is 11.2. The standard InChI is InChI=1S/C19H17NO3S/c1-13-6-7-18(14(2)8-13)23-19(21)15-4-3-5-17(9-15)22-10-16-11-24-12-20-16/h3-9,11-12H,10H2,1-2H3. The van der Waals surface area contributed by atoms with Gasteiger partial charge in [0.05, 0.1) is 16.8 Å². The zero-order chi connectivity index (χ0) is 16.9. The molecule has 0 bridgehead atoms. The zero-order valence-electron chi connectivity index (χ0n) is 13.5. The lowest BCUT2D eigenvalue weighted by Crippen LogP contribution is -2.09. The largest absolute Gasteiger partial charge is 0.487 e. The topological polar surface area (TPSA) is 48.4 Å². The number of esters is 1. The minimum atomic E-state index is -0.402. The summed E-state index contributed by atoms with van der Waals surface area (Å²) in [5.74, 6) is 0.776. The van der Waals surface area contributed by atoms with Crippen molar-refractivity contribution in [2.45, 2.75) is 20.5 Å². The molecule has 24 heavy (non-hydrogen) atoms. The molecule has 2 aromatic carbocycles. The maximum absolute atomic E-state index is 12.3. The van der Waals surface area contributed by atoms with Crippen molar-refractivity contribution in [3.05, 3.63) is 75.7 Å². The van der Waals surface area contributed by atoms with Crippen molar-refractivity contribution in [2.24, 2.45) is 0 Å². The molecular weight excluding hydrogens is 322 g/mol. The summed E-state index contributed by atoms with van der Waals surface area (Å²) >= 11 is 1.52. The lowest BCUT2D eigenvalue weighted by Gasteiger charge is -2.09. The molecule has 0 aliphatic heterocycles. The Labute approximate surface area is 144 Å². The van der Waals surface area contributed by atoms with Crippen LogP contribution in [0.3, 0.4) is 0 Å². The Morgan fingerprint density at radius 3 is 2.79 bits per heavy atom. The van der Waals surface area contributed by atoms with Crippen LogP contribution in [0.1, 0.15) is 27.2 Å². The molecule has 5 heteroatoms. The SMILES string of the molecule is Cc1ccc(OC(=O)c2cccc(OCc3cscn3)c2)c(C)c1. The summed E-state index contributed by atoms with van der Waals surface area (Å²) in [6.07, 6.45) is 0. The van der Waals surface area contributed by atoms with E-state index >= 15 is 0 Å². The quantitative estimate of drug-likeness (QED) is 0.505. The molecule has 0 atom stereocenters. The van der Waals surface area contributed by atoms with Gasteiger partial charge in [-0.1, -0.05) is 23.8 Å². The second kappa shape index (κ2) is 7.27. The zero-order valence-corrected chi connectivity index (χ0v) is 14.3. The highest BCUT2D eigenvalue weighted by atomic mass is 32.1. The first kappa shape index (κ1) is 16.2. The first-order chi connectivity index (χ1) is 11.6. The summed E-state index contributed by atoms with van der Waals surface area (Å²) in [7, 11) is 0. The molecule has 0 unspecified atom stereocenters. The molecule has 0 saturated carbocycles. The maximum atomic E-state index is 12.3. The summed E-state index contributed by atoms with van der Waals surface area (Å²) in [4.78, 5) is 16.5. The fourth-order valence-electron chi connectivity index (χ4n) is 2.25. The normalized spacial score (nSPS) is 10.4. The van der Waals surface area contributed by atoms with Gasteiger partial charge in [0.25, 0.3) is 0 Å². The van der Waals surface area contributed by atoms with E-state index in [0.29, 0.717) is 23.7 Å². The van der Waals surface area contributed by atoms with Crippen molar-refractivity contribution < 1.29 is 14.3 Å². The highest BCUT2D eigenvalue weighted by Gasteiger charge is 2.11. The number of nitrogens with zero attached hydrogens (tertiary/aromatic N) is 1. The number of hydrogen-bond donors (Lipinski definition) is 0. The third-order valence-electron chi connectivity index (χ3n) is 3.47. The van der Waals surface area contributed by atoms with Gasteiger partial charge in [-0.05, 0) is 43.7 Å². The van der Waals surface area contributed by atoms with Crippen LogP contribution < -0.4 is 9.47 Å². The number of hydrogen-bond acceptors (Lipinski definition) is 5. The van der Waals surface area contributed by atoms with Gasteiger partial charge >= 0.3 is 5.97 Å². The number of aryl methyl sites for hydroxylation is 2. The van der Waals surface area contributed by atoms with Gasteiger partial charge in [0.1, 0.15) is 18.1 Å². The van der Waals surface area contributed by atoms with Gasteiger partial charge in [-0.3, -0.25) is 0 Å². The van der Waals surface area contributed by atoms with Gasteiger partial charge < -0.3 is 9.47 Å². The number of carbonyl (C=O) groups is 1. The number of benzene rings is 2. The van der Waals surface area contributed by atoms with E-state index in [2.05, 4.69) is 4.98 Å². The lowest BCUT2D eigenvalue weighted by atomic mass is 10.1. The fourth-order valence-corrected chi connectivity index (χ4v) is 2.79. The molecule has 0 spiro atoms. The molecule has 0 amide bonds. The van der Waals surface area contributed by atoms with Crippen LogP contribution in [0.15, 0.2) is 53.4 Å². The van der Waals surface area contributed by atoms with Crippen LogP contribution in [-0.4, -0.2) is 11.0 Å². The second-order valence-corrected chi connectivity index (χ2v) is 6.17. The Bertz CT molecular complexity index is 844. The second-order valence-electron chi connectivity index (χ2n) is 5.45. The molecule has 122 valence electrons. The van der Waals surface area contributed by atoms with Crippen molar-refractivity contribution in [1.29, 1.82) is 0 Å². The number of aromatic nitrogens is 1. The Morgan fingerprint density at radius 2 is 2.04 bits per heavy atom. The van der Waals surface area contributed by atoms with Gasteiger partial charge in [0.15, 0.2) is 0 Å². The average Bonchev–Trinajstić information content (AvgIpc) is 3.09. The number of carbonyl (C=O) groups excluding carboxylic acids is 1. The lowest BCUT2D eigenvalue weighted by molar-refractivity contribution is 0.0733. The van der Waals surface area contributed by atoms with Crippen molar-refractivity contribution in [1.82, 2.24) is 4.98 Å². The Hall–Kier alpha value is -2.66. The monoisotopic (exact) mass is 339 g/mol. The smallest absolute Gasteiger partial charge is 0.343 e. The third-order valence-corrected chi connectivity index (χ3v) is 4.11. The molecule has 1 heterocycles. The van der Waals surface area contributed by atoms with E-state index < -0.39 is 5.97 Å². The molecule has 0 aliphatic rings. The van der Waals surface area contributed by atoms with Gasteiger partial charge in [-0.25, -0.2) is 9.78 Å². The molecule has 0 radical (unpaired) electrons. The highest BCUT2D eigenvalue weighted by molar-refractivity contribution is 7.07. The molecule has 3 rings (SSSR count). The van der Waals surface area contributed by atoms with Crippen LogP contribution >= 0.6 is 11.3 Å². The van der Waals surface area contributed by atoms with Crippen LogP contribution in [-0.2, 0) is 6.61 Å². The van der Waals surface area contributed by atoms with Crippen LogP contribution in [0, 0.1) is 13.8 Å². The molecule has 0 fully saturated rings. The van der Waals surface area contributed by atoms with E-state index in [4.69, 9.17) is 9.47 Å². The maximum Gasteiger partial charge on any atom is 0.343 e. The first-order valence-electron chi connectivity index (χ1n) is 7.51. The summed E-state index contributed by atoms with van der Waals surface area (Å²) in [6.45, 7) is 4.30. The Kier molecular flexibility index (Phi) is 4.91. The minimum absolute atomic E-state index is 0.374. The van der Waals surface area contributed by atoms with E-state index in [1.165, 1.54) is 11.3 Å². The van der Waals surface area contributed by atoms with Crippen molar-refractivity contribution in [3.63, 3.8) is 0 Å². The Morgan fingerprint density at radius 1 is 1.17 bits per heavy atom. The van der Waals surface area contributed by atoms with E-state index in [1.54, 1.807) is 29.8 Å². The van der Waals surface area contributed by atoms with Crippen molar-refractivity contribution in [3.8, 4) is 11.5 Å². The molecule has 3 aromatic rings. The van der Waals surface area contributed by atoms with Gasteiger partial charge in [0, 0.05) is 5.38 Å². The van der Waals surface area contributed by atoms with Gasteiger partial charge in [-0.15, -0.1) is 11.3 Å². The van der Waals surface area contributed by atoms with E-state index in [1.807, 2.05) is 37.4 Å². The summed E-state index contributed by atoms with van der Waals surface area (Å²) in [5.41, 5.74) is 5.13. The summed E-state index contributed by atoms with van der Waals surface area (Å²) in [5, 5.41) is 1.93. The number of rotatable bonds is 5. The molecule has 0 aliphatic carbocycles. The number of ether oxygens (including phenoxy) is 2. The third kappa shape index (κ3) is 4.00. The van der Waals surface area contributed by atoms with Crippen LogP contribution in [0.25, 0.3) is 0 Å². The van der Waals surface area contributed by atoms with E-state index in [9.17, 15) is 4.79 Å². The van der Waals surface area contributed by atoms with Crippen molar-refractivity contribution in [2.75, 3.05) is 0 Å². The van der Waals surface area contributed by atoms with Crippen LogP contribution in [0.2, 0.25) is 0 Å². The fraction of sp³-hybridized carbons (Fsp3) is 0.158. The highest BCUT2D eigenvalue weighted by Crippen LogP contribution is 2.21.